The van der Waals surface area contributed by atoms with Crippen LogP contribution < -0.4 is 20.1 Å². The van der Waals surface area contributed by atoms with Gasteiger partial charge in [-0.1, -0.05) is 12.1 Å². The van der Waals surface area contributed by atoms with Gasteiger partial charge in [0.1, 0.15) is 11.5 Å². The maximum absolute atomic E-state index is 12.0. The zero-order valence-electron chi connectivity index (χ0n) is 16.2. The Labute approximate surface area is 176 Å². The van der Waals surface area contributed by atoms with E-state index in [1.165, 1.54) is 36.4 Å². The van der Waals surface area contributed by atoms with Crippen LogP contribution >= 0.6 is 0 Å². The van der Waals surface area contributed by atoms with Gasteiger partial charge in [-0.2, -0.15) is 0 Å². The minimum Gasteiger partial charge on any atom is -0.484 e. The Morgan fingerprint density at radius 1 is 0.774 bits per heavy atom. The first kappa shape index (κ1) is 21.6. The van der Waals surface area contributed by atoms with Crippen molar-refractivity contribution in [2.75, 3.05) is 13.2 Å². The maximum Gasteiger partial charge on any atom is 0.335 e. The van der Waals surface area contributed by atoms with E-state index in [0.29, 0.717) is 6.42 Å². The molecule has 4 N–H and O–H groups in total. The molecule has 2 amide bonds. The third-order valence-corrected chi connectivity index (χ3v) is 4.39. The minimum absolute atomic E-state index is 0.0554. The number of carbonyl (C=O) groups excluding carboxylic acids is 2. The second-order valence-electron chi connectivity index (χ2n) is 6.83. The molecule has 0 bridgehead atoms. The quantitative estimate of drug-likeness (QED) is 0.436. The van der Waals surface area contributed by atoms with Crippen LogP contribution in [0.1, 0.15) is 27.1 Å². The number of hydrogen-bond acceptors (Lipinski definition) is 6. The van der Waals surface area contributed by atoms with Crippen LogP contribution in [0, 0.1) is 0 Å². The summed E-state index contributed by atoms with van der Waals surface area (Å²) < 4.78 is 10.6. The second-order valence-corrected chi connectivity index (χ2v) is 6.83. The van der Waals surface area contributed by atoms with Crippen LogP contribution in [-0.2, 0) is 9.59 Å². The van der Waals surface area contributed by atoms with E-state index in [0.717, 1.165) is 0 Å². The molecule has 31 heavy (non-hydrogen) atoms. The third-order valence-electron chi connectivity index (χ3n) is 4.39. The molecule has 2 aromatic carbocycles. The monoisotopic (exact) mass is 428 g/mol. The molecule has 0 unspecified atom stereocenters. The van der Waals surface area contributed by atoms with Crippen molar-refractivity contribution in [3.63, 3.8) is 0 Å². The molecule has 2 aromatic rings. The number of ether oxygens (including phenoxy) is 2. The number of amides is 2. The Kier molecular flexibility index (Phi) is 6.71. The molecule has 0 aromatic heterocycles. The molecule has 0 radical (unpaired) electrons. The van der Waals surface area contributed by atoms with Gasteiger partial charge in [0.05, 0.1) is 23.2 Å². The van der Waals surface area contributed by atoms with Gasteiger partial charge in [0, 0.05) is 0 Å². The highest BCUT2D eigenvalue weighted by atomic mass is 16.5. The van der Waals surface area contributed by atoms with Crippen molar-refractivity contribution < 1.29 is 38.9 Å². The Morgan fingerprint density at radius 3 is 1.58 bits per heavy atom. The molecule has 0 aliphatic heterocycles. The molecule has 0 saturated heterocycles. The van der Waals surface area contributed by atoms with Crippen molar-refractivity contribution >= 4 is 23.8 Å². The van der Waals surface area contributed by atoms with Crippen molar-refractivity contribution in [3.8, 4) is 11.5 Å². The van der Waals surface area contributed by atoms with Crippen LogP contribution in [0.2, 0.25) is 0 Å². The molecule has 1 saturated carbocycles. The Morgan fingerprint density at radius 2 is 1.19 bits per heavy atom. The first-order valence-electron chi connectivity index (χ1n) is 9.33. The van der Waals surface area contributed by atoms with Gasteiger partial charge in [-0.15, -0.1) is 0 Å². The minimum atomic E-state index is -1.09. The number of carboxylic acid groups (broad SMARTS) is 2. The van der Waals surface area contributed by atoms with Crippen molar-refractivity contribution in [1.29, 1.82) is 0 Å². The lowest BCUT2D eigenvalue weighted by Gasteiger charge is -2.09. The van der Waals surface area contributed by atoms with E-state index >= 15 is 0 Å². The number of hydrogen-bond donors (Lipinski definition) is 4. The number of benzene rings is 2. The van der Waals surface area contributed by atoms with Gasteiger partial charge in [-0.3, -0.25) is 9.59 Å². The average Bonchev–Trinajstić information content (AvgIpc) is 3.47. The lowest BCUT2D eigenvalue weighted by molar-refractivity contribution is -0.124. The molecule has 10 heteroatoms. The number of carbonyl (C=O) groups is 4. The fourth-order valence-corrected chi connectivity index (χ4v) is 2.75. The van der Waals surface area contributed by atoms with Gasteiger partial charge < -0.3 is 30.3 Å². The molecule has 3 rings (SSSR count). The highest BCUT2D eigenvalue weighted by Crippen LogP contribution is 2.21. The molecule has 2 atom stereocenters. The van der Waals surface area contributed by atoms with E-state index in [1.54, 1.807) is 12.1 Å². The summed E-state index contributed by atoms with van der Waals surface area (Å²) in [6.07, 6.45) is 0.556. The maximum atomic E-state index is 12.0. The number of rotatable bonds is 10. The lowest BCUT2D eigenvalue weighted by Crippen LogP contribution is -2.38. The SMILES string of the molecule is O=C(COc1cccc(C(=O)O)c1)N[C@@H]1C[C@H]1NC(=O)COc1cccc(C(=O)O)c1. The normalized spacial score (nSPS) is 16.6. The highest BCUT2D eigenvalue weighted by molar-refractivity contribution is 5.88. The van der Waals surface area contributed by atoms with E-state index in [1.807, 2.05) is 0 Å². The summed E-state index contributed by atoms with van der Waals surface area (Å²) in [5, 5.41) is 23.3. The molecular formula is C21H20N2O8. The average molecular weight is 428 g/mol. The van der Waals surface area contributed by atoms with Crippen LogP contribution in [0.3, 0.4) is 0 Å². The number of nitrogens with one attached hydrogen (secondary N) is 2. The Hall–Kier alpha value is -4.08. The van der Waals surface area contributed by atoms with Gasteiger partial charge in [-0.25, -0.2) is 9.59 Å². The topological polar surface area (TPSA) is 151 Å². The van der Waals surface area contributed by atoms with Crippen LogP contribution in [0.4, 0.5) is 0 Å². The van der Waals surface area contributed by atoms with Crippen LogP contribution in [-0.4, -0.2) is 59.3 Å². The predicted octanol–water partition coefficient (Wildman–Crippen LogP) is 0.914. The van der Waals surface area contributed by atoms with Gasteiger partial charge in [0.25, 0.3) is 11.8 Å². The van der Waals surface area contributed by atoms with E-state index < -0.39 is 23.8 Å². The molecule has 1 aliphatic rings. The first-order chi connectivity index (χ1) is 14.8. The predicted molar refractivity (Wildman–Crippen MR) is 106 cm³/mol. The Bertz CT molecular complexity index is 927. The molecule has 1 fully saturated rings. The molecule has 1 aliphatic carbocycles. The van der Waals surface area contributed by atoms with Gasteiger partial charge in [-0.05, 0) is 42.8 Å². The van der Waals surface area contributed by atoms with E-state index in [-0.39, 0.29) is 47.9 Å². The summed E-state index contributed by atoms with van der Waals surface area (Å²) in [5.74, 6) is -2.46. The molecular weight excluding hydrogens is 408 g/mol. The first-order valence-corrected chi connectivity index (χ1v) is 9.33. The standard InChI is InChI=1S/C21H20N2O8/c24-18(10-30-14-5-1-3-12(7-14)20(26)27)22-16-9-17(16)23-19(25)11-31-15-6-2-4-13(8-15)21(28)29/h1-8,16-17H,9-11H2,(H,22,24)(H,23,25)(H,26,27)(H,28,29)/t16-,17-/m1/s1. The fourth-order valence-electron chi connectivity index (χ4n) is 2.75. The van der Waals surface area contributed by atoms with Crippen molar-refractivity contribution in [3.05, 3.63) is 59.7 Å². The fraction of sp³-hybridized carbons (Fsp3) is 0.238. The van der Waals surface area contributed by atoms with Crippen molar-refractivity contribution in [1.82, 2.24) is 10.6 Å². The highest BCUT2D eigenvalue weighted by Gasteiger charge is 2.39. The molecule has 0 spiro atoms. The summed E-state index contributed by atoms with van der Waals surface area (Å²) in [5.41, 5.74) is 0.111. The van der Waals surface area contributed by atoms with E-state index in [9.17, 15) is 19.2 Å². The smallest absolute Gasteiger partial charge is 0.335 e. The van der Waals surface area contributed by atoms with Crippen molar-refractivity contribution in [2.24, 2.45) is 0 Å². The summed E-state index contributed by atoms with van der Waals surface area (Å²) in [6, 6.07) is 11.1. The van der Waals surface area contributed by atoms with Gasteiger partial charge in [0.15, 0.2) is 13.2 Å². The van der Waals surface area contributed by atoms with Crippen LogP contribution in [0.25, 0.3) is 0 Å². The summed E-state index contributed by atoms with van der Waals surface area (Å²) >= 11 is 0. The van der Waals surface area contributed by atoms with Crippen LogP contribution in [0.5, 0.6) is 11.5 Å². The number of carboxylic acids is 2. The molecule has 10 nitrogen and oxygen atoms in total. The summed E-state index contributed by atoms with van der Waals surface area (Å²) in [7, 11) is 0. The summed E-state index contributed by atoms with van der Waals surface area (Å²) in [4.78, 5) is 45.8. The van der Waals surface area contributed by atoms with E-state index in [2.05, 4.69) is 10.6 Å². The zero-order valence-corrected chi connectivity index (χ0v) is 16.2. The Balaban J connectivity index is 1.36. The van der Waals surface area contributed by atoms with Gasteiger partial charge >= 0.3 is 11.9 Å². The zero-order chi connectivity index (χ0) is 22.4. The van der Waals surface area contributed by atoms with Crippen molar-refractivity contribution in [2.45, 2.75) is 18.5 Å². The number of aromatic carboxylic acids is 2. The lowest BCUT2D eigenvalue weighted by atomic mass is 10.2. The van der Waals surface area contributed by atoms with Crippen LogP contribution in [0.15, 0.2) is 48.5 Å². The van der Waals surface area contributed by atoms with E-state index in [4.69, 9.17) is 19.7 Å². The van der Waals surface area contributed by atoms with Gasteiger partial charge in [0.2, 0.25) is 0 Å². The molecule has 0 heterocycles. The summed E-state index contributed by atoms with van der Waals surface area (Å²) in [6.45, 7) is -0.577. The largest absolute Gasteiger partial charge is 0.484 e. The second kappa shape index (κ2) is 9.61. The third kappa shape index (κ3) is 6.46. The molecule has 162 valence electrons.